The second kappa shape index (κ2) is 9.83. The molecule has 6 rings (SSSR count). The average molecular weight is 573 g/mol. The number of ether oxygens (including phenoxy) is 1. The monoisotopic (exact) mass is 572 g/mol. The first-order chi connectivity index (χ1) is 18.4. The Hall–Kier alpha value is -3.78. The van der Waals surface area contributed by atoms with Gasteiger partial charge in [0.2, 0.25) is 11.8 Å². The Morgan fingerprint density at radius 1 is 0.868 bits per heavy atom. The minimum atomic E-state index is -0.665. The van der Waals surface area contributed by atoms with E-state index in [1.165, 1.54) is 22.6 Å². The SMILES string of the molecule is O=C(COC(=O)c1ccc(N2C(=O)[C@@H]3[C@@H]4C[C@@H]([C@H]3C2=O)[C@@H](c2ccccc2)C4)cc1)Nc1ccc(Br)cc1. The van der Waals surface area contributed by atoms with Crippen LogP contribution < -0.4 is 10.2 Å². The lowest BCUT2D eigenvalue weighted by Crippen LogP contribution is -2.33. The van der Waals surface area contributed by atoms with Gasteiger partial charge in [0.1, 0.15) is 0 Å². The lowest BCUT2D eigenvalue weighted by molar-refractivity contribution is -0.123. The van der Waals surface area contributed by atoms with E-state index in [0.717, 1.165) is 17.3 Å². The third-order valence-electron chi connectivity index (χ3n) is 8.07. The van der Waals surface area contributed by atoms with Gasteiger partial charge < -0.3 is 10.1 Å². The summed E-state index contributed by atoms with van der Waals surface area (Å²) in [4.78, 5) is 52.7. The van der Waals surface area contributed by atoms with Crippen LogP contribution in [0.4, 0.5) is 11.4 Å². The maximum atomic E-state index is 13.5. The van der Waals surface area contributed by atoms with Crippen molar-refractivity contribution >= 4 is 51.0 Å². The highest BCUT2D eigenvalue weighted by Crippen LogP contribution is 2.61. The van der Waals surface area contributed by atoms with Crippen molar-refractivity contribution in [2.75, 3.05) is 16.8 Å². The lowest BCUT2D eigenvalue weighted by Gasteiger charge is -2.28. The summed E-state index contributed by atoms with van der Waals surface area (Å²) < 4.78 is 6.02. The molecule has 0 unspecified atom stereocenters. The second-order valence-electron chi connectivity index (χ2n) is 10.2. The minimum Gasteiger partial charge on any atom is -0.452 e. The molecule has 1 aliphatic heterocycles. The van der Waals surface area contributed by atoms with Crippen LogP contribution in [0.5, 0.6) is 0 Å². The van der Waals surface area contributed by atoms with Gasteiger partial charge in [-0.3, -0.25) is 19.3 Å². The standard InChI is InChI=1S/C30H25BrN2O5/c31-20-8-10-21(11-9-20)32-25(34)16-38-30(37)18-6-12-22(13-7-18)33-28(35)26-19-14-23(17-4-2-1-3-5-17)24(15-19)27(26)29(33)36/h1-13,19,23-24,26-27H,14-16H2,(H,32,34)/t19-,23+,24+,26+,27+/m0/s1. The van der Waals surface area contributed by atoms with Gasteiger partial charge >= 0.3 is 5.97 Å². The molecule has 192 valence electrons. The fraction of sp³-hybridized carbons (Fsp3) is 0.267. The van der Waals surface area contributed by atoms with Gasteiger partial charge in [-0.1, -0.05) is 46.3 Å². The number of imide groups is 1. The van der Waals surface area contributed by atoms with Crippen LogP contribution in [-0.2, 0) is 19.1 Å². The number of hydrogen-bond donors (Lipinski definition) is 1. The number of anilines is 2. The van der Waals surface area contributed by atoms with Crippen molar-refractivity contribution in [1.82, 2.24) is 0 Å². The molecule has 2 bridgehead atoms. The van der Waals surface area contributed by atoms with Crippen LogP contribution in [0.1, 0.15) is 34.7 Å². The molecule has 1 heterocycles. The summed E-state index contributed by atoms with van der Waals surface area (Å²) in [5, 5.41) is 2.66. The maximum absolute atomic E-state index is 13.5. The molecule has 3 aliphatic rings. The third-order valence-corrected chi connectivity index (χ3v) is 8.60. The summed E-state index contributed by atoms with van der Waals surface area (Å²) >= 11 is 3.33. The van der Waals surface area contributed by atoms with Crippen LogP contribution in [-0.4, -0.2) is 30.3 Å². The van der Waals surface area contributed by atoms with Crippen molar-refractivity contribution in [3.8, 4) is 0 Å². The molecule has 3 fully saturated rings. The predicted octanol–water partition coefficient (Wildman–Crippen LogP) is 5.17. The minimum absolute atomic E-state index is 0.140. The molecule has 3 amide bonds. The Morgan fingerprint density at radius 2 is 1.55 bits per heavy atom. The van der Waals surface area contributed by atoms with Gasteiger partial charge in [0.15, 0.2) is 6.61 Å². The molecule has 3 aromatic rings. The number of carbonyl (C=O) groups excluding carboxylic acids is 4. The normalized spacial score (nSPS) is 25.4. The Labute approximate surface area is 228 Å². The van der Waals surface area contributed by atoms with Crippen LogP contribution in [0, 0.1) is 23.7 Å². The molecule has 0 spiro atoms. The molecule has 38 heavy (non-hydrogen) atoms. The quantitative estimate of drug-likeness (QED) is 0.325. The topological polar surface area (TPSA) is 92.8 Å². The number of hydrogen-bond acceptors (Lipinski definition) is 5. The fourth-order valence-corrected chi connectivity index (χ4v) is 6.75. The number of fused-ring (bicyclic) bond motifs is 5. The molecule has 7 nitrogen and oxygen atoms in total. The first-order valence-corrected chi connectivity index (χ1v) is 13.5. The molecule has 2 aliphatic carbocycles. The average Bonchev–Trinajstić information content (AvgIpc) is 3.60. The summed E-state index contributed by atoms with van der Waals surface area (Å²) in [5.74, 6) is -1.27. The molecule has 1 saturated heterocycles. The highest BCUT2D eigenvalue weighted by Gasteiger charge is 2.64. The van der Waals surface area contributed by atoms with Gasteiger partial charge in [0, 0.05) is 10.2 Å². The van der Waals surface area contributed by atoms with E-state index >= 15 is 0 Å². The van der Waals surface area contributed by atoms with Gasteiger partial charge in [-0.2, -0.15) is 0 Å². The van der Waals surface area contributed by atoms with Crippen LogP contribution in [0.25, 0.3) is 0 Å². The zero-order valence-electron chi connectivity index (χ0n) is 20.4. The molecule has 2 saturated carbocycles. The molecule has 0 aromatic heterocycles. The van der Waals surface area contributed by atoms with Gasteiger partial charge in [-0.15, -0.1) is 0 Å². The Bertz CT molecular complexity index is 1410. The van der Waals surface area contributed by atoms with Crippen molar-refractivity contribution in [1.29, 1.82) is 0 Å². The zero-order valence-corrected chi connectivity index (χ0v) is 22.0. The number of halogens is 1. The fourth-order valence-electron chi connectivity index (χ4n) is 6.49. The molecule has 5 atom stereocenters. The van der Waals surface area contributed by atoms with E-state index in [2.05, 4.69) is 33.4 Å². The highest BCUT2D eigenvalue weighted by atomic mass is 79.9. The molecule has 8 heteroatoms. The van der Waals surface area contributed by atoms with E-state index in [4.69, 9.17) is 4.74 Å². The smallest absolute Gasteiger partial charge is 0.338 e. The number of esters is 1. The molecule has 0 radical (unpaired) electrons. The lowest BCUT2D eigenvalue weighted by atomic mass is 9.73. The summed E-state index contributed by atoms with van der Waals surface area (Å²) in [7, 11) is 0. The molecular weight excluding hydrogens is 548 g/mol. The number of rotatable bonds is 6. The summed E-state index contributed by atoms with van der Waals surface area (Å²) in [6.07, 6.45) is 1.85. The molecule has 1 N–H and O–H groups in total. The predicted molar refractivity (Wildman–Crippen MR) is 144 cm³/mol. The summed E-state index contributed by atoms with van der Waals surface area (Å²) in [6.45, 7) is -0.436. The third kappa shape index (κ3) is 4.32. The Balaban J connectivity index is 1.10. The van der Waals surface area contributed by atoms with Gasteiger partial charge in [-0.25, -0.2) is 4.79 Å². The van der Waals surface area contributed by atoms with Crippen molar-refractivity contribution in [2.45, 2.75) is 18.8 Å². The number of nitrogens with zero attached hydrogens (tertiary/aromatic N) is 1. The second-order valence-corrected chi connectivity index (χ2v) is 11.1. The first-order valence-electron chi connectivity index (χ1n) is 12.7. The maximum Gasteiger partial charge on any atom is 0.338 e. The van der Waals surface area contributed by atoms with E-state index < -0.39 is 18.5 Å². The number of nitrogens with one attached hydrogen (secondary N) is 1. The van der Waals surface area contributed by atoms with Crippen molar-refractivity contribution in [2.24, 2.45) is 23.7 Å². The van der Waals surface area contributed by atoms with E-state index in [9.17, 15) is 19.2 Å². The van der Waals surface area contributed by atoms with E-state index in [1.54, 1.807) is 36.4 Å². The molecule has 3 aromatic carbocycles. The first kappa shape index (κ1) is 24.6. The van der Waals surface area contributed by atoms with Crippen molar-refractivity contribution in [3.05, 3.63) is 94.5 Å². The van der Waals surface area contributed by atoms with Crippen molar-refractivity contribution in [3.63, 3.8) is 0 Å². The Morgan fingerprint density at radius 3 is 2.26 bits per heavy atom. The number of carbonyl (C=O) groups is 4. The van der Waals surface area contributed by atoms with Crippen LogP contribution >= 0.6 is 15.9 Å². The van der Waals surface area contributed by atoms with Crippen molar-refractivity contribution < 1.29 is 23.9 Å². The highest BCUT2D eigenvalue weighted by molar-refractivity contribution is 9.10. The zero-order chi connectivity index (χ0) is 26.4. The number of amides is 3. The number of benzene rings is 3. The van der Waals surface area contributed by atoms with Crippen LogP contribution in [0.2, 0.25) is 0 Å². The van der Waals surface area contributed by atoms with Crippen LogP contribution in [0.15, 0.2) is 83.3 Å². The largest absolute Gasteiger partial charge is 0.452 e. The summed E-state index contributed by atoms with van der Waals surface area (Å²) in [5.41, 5.74) is 2.51. The van der Waals surface area contributed by atoms with Crippen LogP contribution in [0.3, 0.4) is 0 Å². The van der Waals surface area contributed by atoms with E-state index in [0.29, 0.717) is 17.3 Å². The Kier molecular flexibility index (Phi) is 6.35. The van der Waals surface area contributed by atoms with E-state index in [-0.39, 0.29) is 41.0 Å². The van der Waals surface area contributed by atoms with Gasteiger partial charge in [-0.05, 0) is 84.7 Å². The van der Waals surface area contributed by atoms with E-state index in [1.807, 2.05) is 18.2 Å². The summed E-state index contributed by atoms with van der Waals surface area (Å²) in [6, 6.07) is 23.5. The molecular formula is C30H25BrN2O5. The van der Waals surface area contributed by atoms with Gasteiger partial charge in [0.05, 0.1) is 23.1 Å². The van der Waals surface area contributed by atoms with Gasteiger partial charge in [0.25, 0.3) is 5.91 Å².